The molecule has 0 saturated heterocycles. The van der Waals surface area contributed by atoms with Gasteiger partial charge in [-0.05, 0) is 33.9 Å². The SMILES string of the molecule is O=C(O)C[C@@H](NC(=O)CC1OCCc2ccccc21)c1cccc2ccccc12. The van der Waals surface area contributed by atoms with Gasteiger partial charge in [-0.3, -0.25) is 9.59 Å². The van der Waals surface area contributed by atoms with Gasteiger partial charge in [-0.25, -0.2) is 0 Å². The second-order valence-electron chi connectivity index (χ2n) is 7.30. The largest absolute Gasteiger partial charge is 0.481 e. The molecule has 5 nitrogen and oxygen atoms in total. The van der Waals surface area contributed by atoms with Gasteiger partial charge in [0.25, 0.3) is 0 Å². The van der Waals surface area contributed by atoms with Crippen LogP contribution in [-0.2, 0) is 20.7 Å². The zero-order valence-corrected chi connectivity index (χ0v) is 16.0. The molecule has 0 aromatic heterocycles. The van der Waals surface area contributed by atoms with Crippen molar-refractivity contribution in [2.45, 2.75) is 31.4 Å². The molecule has 1 heterocycles. The fourth-order valence-electron chi connectivity index (χ4n) is 4.04. The van der Waals surface area contributed by atoms with Gasteiger partial charge >= 0.3 is 5.97 Å². The molecule has 0 aliphatic carbocycles. The van der Waals surface area contributed by atoms with Crippen molar-refractivity contribution in [3.8, 4) is 0 Å². The molecule has 0 spiro atoms. The molecule has 1 aliphatic heterocycles. The van der Waals surface area contributed by atoms with Crippen LogP contribution in [0.3, 0.4) is 0 Å². The number of fused-ring (bicyclic) bond motifs is 2. The number of carbonyl (C=O) groups is 2. The fraction of sp³-hybridized carbons (Fsp3) is 0.250. The monoisotopic (exact) mass is 389 g/mol. The van der Waals surface area contributed by atoms with E-state index in [2.05, 4.69) is 11.4 Å². The molecule has 1 unspecified atom stereocenters. The van der Waals surface area contributed by atoms with Crippen molar-refractivity contribution in [1.29, 1.82) is 0 Å². The highest BCUT2D eigenvalue weighted by Crippen LogP contribution is 2.31. The lowest BCUT2D eigenvalue weighted by Crippen LogP contribution is -2.32. The molecule has 2 atom stereocenters. The van der Waals surface area contributed by atoms with Crippen LogP contribution < -0.4 is 5.32 Å². The van der Waals surface area contributed by atoms with Gasteiger partial charge in [0.2, 0.25) is 5.91 Å². The lowest BCUT2D eigenvalue weighted by molar-refractivity contribution is -0.137. The van der Waals surface area contributed by atoms with E-state index in [1.165, 1.54) is 5.56 Å². The first-order chi connectivity index (χ1) is 14.1. The Kier molecular flexibility index (Phi) is 5.58. The summed E-state index contributed by atoms with van der Waals surface area (Å²) >= 11 is 0. The van der Waals surface area contributed by atoms with Gasteiger partial charge in [-0.2, -0.15) is 0 Å². The van der Waals surface area contributed by atoms with E-state index in [1.54, 1.807) is 0 Å². The molecule has 0 bridgehead atoms. The maximum Gasteiger partial charge on any atom is 0.305 e. The number of hydrogen-bond acceptors (Lipinski definition) is 3. The zero-order chi connectivity index (χ0) is 20.2. The first kappa shape index (κ1) is 19.2. The van der Waals surface area contributed by atoms with Gasteiger partial charge in [-0.15, -0.1) is 0 Å². The lowest BCUT2D eigenvalue weighted by Gasteiger charge is -2.27. The van der Waals surface area contributed by atoms with E-state index in [-0.39, 0.29) is 24.9 Å². The summed E-state index contributed by atoms with van der Waals surface area (Å²) in [6, 6.07) is 20.9. The standard InChI is InChI=1S/C24H23NO4/c26-23(15-22-19-10-4-2-7-17(19)12-13-29-22)25-21(14-24(27)28)20-11-5-8-16-6-1-3-9-18(16)20/h1-11,21-22H,12-15H2,(H,25,26)(H,27,28)/t21-,22?/m1/s1. The molecule has 2 N–H and O–H groups in total. The quantitative estimate of drug-likeness (QED) is 0.663. The number of hydrogen-bond donors (Lipinski definition) is 2. The van der Waals surface area contributed by atoms with Crippen molar-refractivity contribution in [3.63, 3.8) is 0 Å². The molecule has 1 aliphatic rings. The number of amides is 1. The summed E-state index contributed by atoms with van der Waals surface area (Å²) in [6.07, 6.45) is 0.518. The number of carbonyl (C=O) groups excluding carboxylic acids is 1. The van der Waals surface area contributed by atoms with Crippen molar-refractivity contribution >= 4 is 22.6 Å². The number of carboxylic acid groups (broad SMARTS) is 1. The van der Waals surface area contributed by atoms with Gasteiger partial charge in [0.05, 0.1) is 31.6 Å². The van der Waals surface area contributed by atoms with E-state index in [0.717, 1.165) is 28.3 Å². The molecule has 4 rings (SSSR count). The minimum absolute atomic E-state index is 0.165. The number of aliphatic carboxylic acids is 1. The summed E-state index contributed by atoms with van der Waals surface area (Å²) < 4.78 is 5.84. The summed E-state index contributed by atoms with van der Waals surface area (Å²) in [5.41, 5.74) is 3.05. The predicted molar refractivity (Wildman–Crippen MR) is 111 cm³/mol. The average molecular weight is 389 g/mol. The predicted octanol–water partition coefficient (Wildman–Crippen LogP) is 4.18. The highest BCUT2D eigenvalue weighted by atomic mass is 16.5. The van der Waals surface area contributed by atoms with Crippen LogP contribution in [-0.4, -0.2) is 23.6 Å². The van der Waals surface area contributed by atoms with E-state index < -0.39 is 12.0 Å². The first-order valence-electron chi connectivity index (χ1n) is 9.80. The fourth-order valence-corrected chi connectivity index (χ4v) is 4.04. The Bertz CT molecular complexity index is 1040. The van der Waals surface area contributed by atoms with E-state index in [1.807, 2.05) is 60.7 Å². The van der Waals surface area contributed by atoms with Gasteiger partial charge < -0.3 is 15.2 Å². The molecule has 0 saturated carbocycles. The smallest absolute Gasteiger partial charge is 0.305 e. The normalized spacial score (nSPS) is 16.8. The molecule has 29 heavy (non-hydrogen) atoms. The minimum atomic E-state index is -0.956. The van der Waals surface area contributed by atoms with Gasteiger partial charge in [0.1, 0.15) is 0 Å². The third-order valence-corrected chi connectivity index (χ3v) is 5.38. The second-order valence-corrected chi connectivity index (χ2v) is 7.30. The Morgan fingerprint density at radius 3 is 2.66 bits per heavy atom. The van der Waals surface area contributed by atoms with Crippen LogP contribution in [0.1, 0.15) is 41.7 Å². The summed E-state index contributed by atoms with van der Waals surface area (Å²) in [4.78, 5) is 24.3. The summed E-state index contributed by atoms with van der Waals surface area (Å²) in [7, 11) is 0. The van der Waals surface area contributed by atoms with E-state index in [9.17, 15) is 14.7 Å². The molecule has 5 heteroatoms. The van der Waals surface area contributed by atoms with Crippen molar-refractivity contribution in [2.75, 3.05) is 6.61 Å². The summed E-state index contributed by atoms with van der Waals surface area (Å²) in [5.74, 6) is -1.17. The van der Waals surface area contributed by atoms with Gasteiger partial charge in [0.15, 0.2) is 0 Å². The average Bonchev–Trinajstić information content (AvgIpc) is 2.73. The van der Waals surface area contributed by atoms with Crippen LogP contribution in [0, 0.1) is 0 Å². The molecule has 0 radical (unpaired) electrons. The summed E-state index contributed by atoms with van der Waals surface area (Å²) in [6.45, 7) is 0.580. The Labute approximate surface area is 169 Å². The third kappa shape index (κ3) is 4.30. The molecular weight excluding hydrogens is 366 g/mol. The van der Waals surface area contributed by atoms with Gasteiger partial charge in [-0.1, -0.05) is 66.7 Å². The van der Waals surface area contributed by atoms with Crippen LogP contribution in [0.4, 0.5) is 0 Å². The highest BCUT2D eigenvalue weighted by Gasteiger charge is 2.26. The topological polar surface area (TPSA) is 75.6 Å². The van der Waals surface area contributed by atoms with Crippen molar-refractivity contribution in [3.05, 3.63) is 83.4 Å². The summed E-state index contributed by atoms with van der Waals surface area (Å²) in [5, 5.41) is 14.3. The van der Waals surface area contributed by atoms with Crippen molar-refractivity contribution in [1.82, 2.24) is 5.32 Å². The number of rotatable bonds is 6. The molecule has 0 fully saturated rings. The minimum Gasteiger partial charge on any atom is -0.481 e. The lowest BCUT2D eigenvalue weighted by atomic mass is 9.94. The molecule has 148 valence electrons. The van der Waals surface area contributed by atoms with E-state index in [4.69, 9.17) is 4.74 Å². The molecule has 3 aromatic carbocycles. The van der Waals surface area contributed by atoms with Crippen LogP contribution in [0.2, 0.25) is 0 Å². The highest BCUT2D eigenvalue weighted by molar-refractivity contribution is 5.87. The maximum atomic E-state index is 12.8. The van der Waals surface area contributed by atoms with Crippen LogP contribution >= 0.6 is 0 Å². The molecular formula is C24H23NO4. The molecule has 1 amide bonds. The maximum absolute atomic E-state index is 12.8. The zero-order valence-electron chi connectivity index (χ0n) is 16.0. The Balaban J connectivity index is 1.56. The third-order valence-electron chi connectivity index (χ3n) is 5.38. The van der Waals surface area contributed by atoms with Gasteiger partial charge in [0, 0.05) is 0 Å². The van der Waals surface area contributed by atoms with Crippen LogP contribution in [0.5, 0.6) is 0 Å². The van der Waals surface area contributed by atoms with Crippen molar-refractivity contribution < 1.29 is 19.4 Å². The second kappa shape index (κ2) is 8.45. The Morgan fingerprint density at radius 1 is 1.03 bits per heavy atom. The number of nitrogens with one attached hydrogen (secondary N) is 1. The van der Waals surface area contributed by atoms with E-state index >= 15 is 0 Å². The number of benzene rings is 3. The van der Waals surface area contributed by atoms with Crippen LogP contribution in [0.15, 0.2) is 66.7 Å². The van der Waals surface area contributed by atoms with Crippen molar-refractivity contribution in [2.24, 2.45) is 0 Å². The first-order valence-corrected chi connectivity index (χ1v) is 9.80. The van der Waals surface area contributed by atoms with Crippen LogP contribution in [0.25, 0.3) is 10.8 Å². The number of ether oxygens (including phenoxy) is 1. The number of carboxylic acids is 1. The Hall–Kier alpha value is -3.18. The molecule has 3 aromatic rings. The Morgan fingerprint density at radius 2 is 1.79 bits per heavy atom. The van der Waals surface area contributed by atoms with E-state index in [0.29, 0.717) is 6.61 Å².